The monoisotopic (exact) mass is 439 g/mol. The molecule has 2 aromatic rings. The lowest BCUT2D eigenvalue weighted by atomic mass is 9.75. The van der Waals surface area contributed by atoms with Gasteiger partial charge in [0.2, 0.25) is 5.91 Å². The summed E-state index contributed by atoms with van der Waals surface area (Å²) < 4.78 is 6.30. The van der Waals surface area contributed by atoms with Crippen molar-refractivity contribution in [1.82, 2.24) is 0 Å². The van der Waals surface area contributed by atoms with E-state index in [1.54, 1.807) is 0 Å². The van der Waals surface area contributed by atoms with E-state index < -0.39 is 5.41 Å². The largest absolute Gasteiger partial charge is 0.465 e. The number of fused-ring (bicyclic) bond motifs is 1. The second-order valence-electron chi connectivity index (χ2n) is 7.81. The third kappa shape index (κ3) is 3.76. The Morgan fingerprint density at radius 1 is 1.21 bits per heavy atom. The number of benzene rings is 2. The number of ether oxygens (including phenoxy) is 1. The Hall–Kier alpha value is -2.40. The molecule has 5 heteroatoms. The quantitative estimate of drug-likeness (QED) is 0.543. The summed E-state index contributed by atoms with van der Waals surface area (Å²) in [5.74, 6) is 0.0793. The summed E-state index contributed by atoms with van der Waals surface area (Å²) in [7, 11) is 0. The number of nitrogens with one attached hydrogen (secondary N) is 1. The van der Waals surface area contributed by atoms with Crippen LogP contribution in [0.1, 0.15) is 24.0 Å². The van der Waals surface area contributed by atoms with Crippen molar-refractivity contribution in [3.05, 3.63) is 76.3 Å². The molecule has 1 saturated carbocycles. The highest BCUT2D eigenvalue weighted by molar-refractivity contribution is 9.10. The smallest absolute Gasteiger partial charge is 0.313 e. The highest BCUT2D eigenvalue weighted by Crippen LogP contribution is 2.52. The second kappa shape index (κ2) is 7.55. The molecular formula is C23H22BrNO3. The van der Waals surface area contributed by atoms with Crippen molar-refractivity contribution in [2.24, 2.45) is 11.3 Å². The highest BCUT2D eigenvalue weighted by Gasteiger charge is 2.55. The SMILES string of the molecule is C=C1CC2COC(=O)C2(Cc2ccc(NC(=O)Cc3cccc(Br)c3)cc2)C1. The molecule has 2 aromatic carbocycles. The summed E-state index contributed by atoms with van der Waals surface area (Å²) >= 11 is 3.42. The molecule has 0 aromatic heterocycles. The molecule has 1 saturated heterocycles. The van der Waals surface area contributed by atoms with Crippen LogP contribution in [0.15, 0.2) is 65.2 Å². The fourth-order valence-electron chi connectivity index (χ4n) is 4.37. The standard InChI is InChI=1S/C23H22BrNO3/c1-15-9-18-14-28-22(27)23(18,12-15)13-16-5-7-20(8-6-16)25-21(26)11-17-3-2-4-19(24)10-17/h2-8,10,18H,1,9,11-14H2,(H,25,26). The number of hydrogen-bond acceptors (Lipinski definition) is 3. The van der Waals surface area contributed by atoms with Gasteiger partial charge in [0.05, 0.1) is 18.4 Å². The number of cyclic esters (lactones) is 1. The van der Waals surface area contributed by atoms with E-state index in [1.807, 2.05) is 48.5 Å². The van der Waals surface area contributed by atoms with Gasteiger partial charge in [-0.3, -0.25) is 9.59 Å². The third-order valence-corrected chi connectivity index (χ3v) is 6.21. The number of esters is 1. The van der Waals surface area contributed by atoms with Gasteiger partial charge in [-0.15, -0.1) is 0 Å². The summed E-state index contributed by atoms with van der Waals surface area (Å²) in [6.07, 6.45) is 2.55. The van der Waals surface area contributed by atoms with Gasteiger partial charge in [0.1, 0.15) is 0 Å². The van der Waals surface area contributed by atoms with Crippen molar-refractivity contribution in [3.8, 4) is 0 Å². The van der Waals surface area contributed by atoms with Crippen LogP contribution in [0.2, 0.25) is 0 Å². The Balaban J connectivity index is 1.41. The van der Waals surface area contributed by atoms with Crippen molar-refractivity contribution in [3.63, 3.8) is 0 Å². The first kappa shape index (κ1) is 18.9. The summed E-state index contributed by atoms with van der Waals surface area (Å²) in [4.78, 5) is 24.7. The number of rotatable bonds is 5. The van der Waals surface area contributed by atoms with Crippen LogP contribution in [0.25, 0.3) is 0 Å². The maximum atomic E-state index is 12.4. The first-order valence-electron chi connectivity index (χ1n) is 9.42. The van der Waals surface area contributed by atoms with Crippen LogP contribution in [0, 0.1) is 11.3 Å². The molecule has 28 heavy (non-hydrogen) atoms. The Labute approximate surface area is 173 Å². The molecule has 2 fully saturated rings. The fraction of sp³-hybridized carbons (Fsp3) is 0.304. The van der Waals surface area contributed by atoms with E-state index >= 15 is 0 Å². The Morgan fingerprint density at radius 3 is 2.75 bits per heavy atom. The molecule has 0 spiro atoms. The molecule has 1 amide bonds. The minimum absolute atomic E-state index is 0.0593. The molecule has 1 aliphatic carbocycles. The van der Waals surface area contributed by atoms with Crippen molar-refractivity contribution < 1.29 is 14.3 Å². The fourth-order valence-corrected chi connectivity index (χ4v) is 4.82. The number of halogens is 1. The zero-order valence-electron chi connectivity index (χ0n) is 15.5. The maximum absolute atomic E-state index is 12.4. The molecule has 1 N–H and O–H groups in total. The lowest BCUT2D eigenvalue weighted by Gasteiger charge is -2.24. The summed E-state index contributed by atoms with van der Waals surface area (Å²) in [5.41, 5.74) is 3.46. The lowest BCUT2D eigenvalue weighted by molar-refractivity contribution is -0.146. The minimum atomic E-state index is -0.456. The van der Waals surface area contributed by atoms with Gasteiger partial charge in [-0.1, -0.05) is 52.3 Å². The minimum Gasteiger partial charge on any atom is -0.465 e. The summed E-state index contributed by atoms with van der Waals surface area (Å²) in [5, 5.41) is 2.93. The van der Waals surface area contributed by atoms with E-state index in [-0.39, 0.29) is 17.8 Å². The van der Waals surface area contributed by atoms with E-state index in [4.69, 9.17) is 4.74 Å². The number of allylic oxidation sites excluding steroid dienone is 1. The lowest BCUT2D eigenvalue weighted by Crippen LogP contribution is -2.31. The van der Waals surface area contributed by atoms with E-state index in [0.29, 0.717) is 25.9 Å². The van der Waals surface area contributed by atoms with Gasteiger partial charge in [-0.2, -0.15) is 0 Å². The van der Waals surface area contributed by atoms with Crippen LogP contribution in [-0.4, -0.2) is 18.5 Å². The van der Waals surface area contributed by atoms with Crippen LogP contribution in [-0.2, 0) is 27.2 Å². The normalized spacial score (nSPS) is 23.4. The van der Waals surface area contributed by atoms with Gasteiger partial charge in [0, 0.05) is 16.1 Å². The molecule has 2 unspecified atom stereocenters. The number of carbonyl (C=O) groups excluding carboxylic acids is 2. The number of hydrogen-bond donors (Lipinski definition) is 1. The van der Waals surface area contributed by atoms with Crippen molar-refractivity contribution in [2.75, 3.05) is 11.9 Å². The predicted octanol–water partition coefficient (Wildman–Crippen LogP) is 4.68. The van der Waals surface area contributed by atoms with Crippen molar-refractivity contribution >= 4 is 33.5 Å². The third-order valence-electron chi connectivity index (χ3n) is 5.72. The molecule has 4 rings (SSSR count). The van der Waals surface area contributed by atoms with Gasteiger partial charge < -0.3 is 10.1 Å². The number of carbonyl (C=O) groups is 2. The van der Waals surface area contributed by atoms with E-state index in [1.165, 1.54) is 0 Å². The van der Waals surface area contributed by atoms with E-state index in [0.717, 1.165) is 33.3 Å². The topological polar surface area (TPSA) is 55.4 Å². The van der Waals surface area contributed by atoms with Crippen LogP contribution >= 0.6 is 15.9 Å². The summed E-state index contributed by atoms with van der Waals surface area (Å²) in [6.45, 7) is 4.59. The predicted molar refractivity (Wildman–Crippen MR) is 112 cm³/mol. The molecule has 2 aliphatic rings. The zero-order chi connectivity index (χ0) is 19.7. The van der Waals surface area contributed by atoms with Crippen molar-refractivity contribution in [2.45, 2.75) is 25.7 Å². The van der Waals surface area contributed by atoms with Crippen LogP contribution in [0.4, 0.5) is 5.69 Å². The first-order valence-corrected chi connectivity index (χ1v) is 10.2. The van der Waals surface area contributed by atoms with Gasteiger partial charge in [0.25, 0.3) is 0 Å². The van der Waals surface area contributed by atoms with Gasteiger partial charge in [-0.05, 0) is 54.7 Å². The molecule has 0 radical (unpaired) electrons. The highest BCUT2D eigenvalue weighted by atomic mass is 79.9. The van der Waals surface area contributed by atoms with E-state index in [2.05, 4.69) is 27.8 Å². The van der Waals surface area contributed by atoms with Gasteiger partial charge in [-0.25, -0.2) is 0 Å². The first-order chi connectivity index (χ1) is 13.4. The van der Waals surface area contributed by atoms with Crippen molar-refractivity contribution in [1.29, 1.82) is 0 Å². The second-order valence-corrected chi connectivity index (χ2v) is 8.73. The molecular weight excluding hydrogens is 418 g/mol. The molecule has 1 heterocycles. The Kier molecular flexibility index (Phi) is 5.11. The maximum Gasteiger partial charge on any atom is 0.313 e. The zero-order valence-corrected chi connectivity index (χ0v) is 17.1. The average Bonchev–Trinajstić information content (AvgIpc) is 3.11. The van der Waals surface area contributed by atoms with Crippen LogP contribution in [0.3, 0.4) is 0 Å². The average molecular weight is 440 g/mol. The number of amides is 1. The Bertz CT molecular complexity index is 937. The molecule has 144 valence electrons. The van der Waals surface area contributed by atoms with Crippen LogP contribution in [0.5, 0.6) is 0 Å². The van der Waals surface area contributed by atoms with Crippen LogP contribution < -0.4 is 5.32 Å². The molecule has 2 atom stereocenters. The van der Waals surface area contributed by atoms with Gasteiger partial charge >= 0.3 is 5.97 Å². The number of anilines is 1. The molecule has 4 nitrogen and oxygen atoms in total. The Morgan fingerprint density at radius 2 is 2.00 bits per heavy atom. The summed E-state index contributed by atoms with van der Waals surface area (Å²) in [6, 6.07) is 15.5. The van der Waals surface area contributed by atoms with E-state index in [9.17, 15) is 9.59 Å². The van der Waals surface area contributed by atoms with Gasteiger partial charge in [0.15, 0.2) is 0 Å². The molecule has 0 bridgehead atoms. The molecule has 1 aliphatic heterocycles.